The Morgan fingerprint density at radius 2 is 2.08 bits per heavy atom. The number of hydrogen-bond donors (Lipinski definition) is 3. The van der Waals surface area contributed by atoms with Crippen LogP contribution >= 0.6 is 0 Å². The Hall–Kier alpha value is -3.69. The number of nitrogens with one attached hydrogen (secondary N) is 3. The van der Waals surface area contributed by atoms with Gasteiger partial charge in [-0.1, -0.05) is 11.2 Å². The van der Waals surface area contributed by atoms with Gasteiger partial charge in [0.05, 0.1) is 18.5 Å². The molecule has 1 aromatic carbocycles. The van der Waals surface area contributed by atoms with Crippen molar-refractivity contribution in [3.8, 4) is 28.5 Å². The zero-order chi connectivity index (χ0) is 17.4. The van der Waals surface area contributed by atoms with Crippen LogP contribution in [0.25, 0.3) is 33.9 Å². The largest absolute Gasteiger partial charge is 0.493 e. The van der Waals surface area contributed by atoms with Crippen LogP contribution < -0.4 is 16.1 Å². The second-order valence-corrected chi connectivity index (χ2v) is 5.10. The van der Waals surface area contributed by atoms with Crippen molar-refractivity contribution in [3.05, 3.63) is 45.4 Å². The summed E-state index contributed by atoms with van der Waals surface area (Å²) in [5.41, 5.74) is 1.45. The molecule has 0 bridgehead atoms. The molecule has 25 heavy (non-hydrogen) atoms. The van der Waals surface area contributed by atoms with E-state index in [1.165, 1.54) is 6.33 Å². The fraction of sp³-hybridized carbons (Fsp3) is 0.133. The van der Waals surface area contributed by atoms with Gasteiger partial charge in [-0.2, -0.15) is 0 Å². The Kier molecular flexibility index (Phi) is 3.42. The summed E-state index contributed by atoms with van der Waals surface area (Å²) >= 11 is 0. The molecule has 0 radical (unpaired) electrons. The van der Waals surface area contributed by atoms with Crippen molar-refractivity contribution in [2.24, 2.45) is 0 Å². The van der Waals surface area contributed by atoms with Gasteiger partial charge in [-0.25, -0.2) is 14.8 Å². The third-order valence-corrected chi connectivity index (χ3v) is 3.54. The van der Waals surface area contributed by atoms with Gasteiger partial charge in [0, 0.05) is 5.56 Å². The molecule has 10 nitrogen and oxygen atoms in total. The lowest BCUT2D eigenvalue weighted by molar-refractivity contribution is 0.341. The number of nitrogens with zero attached hydrogens (tertiary/aromatic N) is 3. The molecule has 126 valence electrons. The maximum absolute atomic E-state index is 12.1. The van der Waals surface area contributed by atoms with Gasteiger partial charge in [0.1, 0.15) is 11.6 Å². The first-order valence-corrected chi connectivity index (χ1v) is 7.42. The lowest BCUT2D eigenvalue weighted by Crippen LogP contribution is -2.10. The quantitative estimate of drug-likeness (QED) is 0.504. The second-order valence-electron chi connectivity index (χ2n) is 5.10. The normalized spacial score (nSPS) is 11.1. The highest BCUT2D eigenvalue weighted by Gasteiger charge is 2.15. The molecule has 4 aromatic rings. The maximum atomic E-state index is 12.1. The van der Waals surface area contributed by atoms with Gasteiger partial charge in [0.2, 0.25) is 0 Å². The lowest BCUT2D eigenvalue weighted by atomic mass is 10.1. The monoisotopic (exact) mass is 340 g/mol. The van der Waals surface area contributed by atoms with E-state index in [2.05, 4.69) is 34.6 Å². The van der Waals surface area contributed by atoms with Crippen LogP contribution in [0.2, 0.25) is 0 Å². The molecule has 0 amide bonds. The summed E-state index contributed by atoms with van der Waals surface area (Å²) in [6.45, 7) is 2.24. The highest BCUT2D eigenvalue weighted by molar-refractivity contribution is 5.75. The molecule has 10 heteroatoms. The van der Waals surface area contributed by atoms with Gasteiger partial charge >= 0.3 is 5.76 Å². The van der Waals surface area contributed by atoms with E-state index in [9.17, 15) is 9.59 Å². The predicted molar refractivity (Wildman–Crippen MR) is 87.2 cm³/mol. The smallest absolute Gasteiger partial charge is 0.439 e. The van der Waals surface area contributed by atoms with Gasteiger partial charge in [-0.15, -0.1) is 0 Å². The molecule has 0 saturated carbocycles. The van der Waals surface area contributed by atoms with Crippen molar-refractivity contribution in [2.45, 2.75) is 6.92 Å². The SMILES string of the molecule is CCOc1cc(-c2noc(=O)[nH]2)ccc1-c1nc2[nH]cnc2c(=O)[nH]1. The minimum atomic E-state index is -0.646. The first-order chi connectivity index (χ1) is 12.2. The molecule has 0 aliphatic carbocycles. The molecule has 0 unspecified atom stereocenters. The fourth-order valence-electron chi connectivity index (χ4n) is 2.47. The van der Waals surface area contributed by atoms with Crippen molar-refractivity contribution >= 4 is 11.2 Å². The third kappa shape index (κ3) is 2.59. The van der Waals surface area contributed by atoms with E-state index in [4.69, 9.17) is 4.74 Å². The molecule has 3 N–H and O–H groups in total. The Labute approximate surface area is 138 Å². The number of aromatic amines is 3. The summed E-state index contributed by atoms with van der Waals surface area (Å²) in [6, 6.07) is 5.11. The average molecular weight is 340 g/mol. The number of fused-ring (bicyclic) bond motifs is 1. The molecule has 4 rings (SSSR count). The predicted octanol–water partition coefficient (Wildman–Crippen LogP) is 1.06. The lowest BCUT2D eigenvalue weighted by Gasteiger charge is -2.10. The molecule has 0 aliphatic rings. The second kappa shape index (κ2) is 5.74. The molecule has 0 saturated heterocycles. The number of rotatable bonds is 4. The van der Waals surface area contributed by atoms with Crippen LogP contribution in [0, 0.1) is 0 Å². The summed E-state index contributed by atoms with van der Waals surface area (Å²) in [4.78, 5) is 39.5. The number of ether oxygens (including phenoxy) is 1. The highest BCUT2D eigenvalue weighted by Crippen LogP contribution is 2.31. The minimum absolute atomic E-state index is 0.235. The zero-order valence-electron chi connectivity index (χ0n) is 13.0. The Morgan fingerprint density at radius 3 is 2.84 bits per heavy atom. The minimum Gasteiger partial charge on any atom is -0.493 e. The van der Waals surface area contributed by atoms with E-state index in [1.54, 1.807) is 18.2 Å². The zero-order valence-corrected chi connectivity index (χ0v) is 13.0. The van der Waals surface area contributed by atoms with Gasteiger partial charge in [0.15, 0.2) is 17.0 Å². The van der Waals surface area contributed by atoms with Gasteiger partial charge in [0.25, 0.3) is 5.56 Å². The molecule has 0 fully saturated rings. The standard InChI is InChI=1S/C15H12N6O4/c1-2-24-9-5-7(11-20-15(23)25-21-11)3-4-8(9)12-18-13-10(14(22)19-12)16-6-17-13/h3-6H,2H2,1H3,(H,20,21,23)(H2,16,17,18,19,22). The van der Waals surface area contributed by atoms with Crippen LogP contribution in [0.5, 0.6) is 5.75 Å². The fourth-order valence-corrected chi connectivity index (χ4v) is 2.47. The van der Waals surface area contributed by atoms with Gasteiger partial charge in [-0.3, -0.25) is 14.3 Å². The van der Waals surface area contributed by atoms with Crippen LogP contribution in [-0.4, -0.2) is 36.7 Å². The Balaban J connectivity index is 1.87. The van der Waals surface area contributed by atoms with Crippen molar-refractivity contribution in [1.29, 1.82) is 0 Å². The molecule has 0 spiro atoms. The number of aromatic nitrogens is 6. The van der Waals surface area contributed by atoms with Crippen LogP contribution in [0.3, 0.4) is 0 Å². The van der Waals surface area contributed by atoms with E-state index in [1.807, 2.05) is 6.92 Å². The number of H-pyrrole nitrogens is 3. The topological polar surface area (TPSA) is 143 Å². The molecular weight excluding hydrogens is 328 g/mol. The molecule has 3 heterocycles. The molecule has 3 aromatic heterocycles. The molecule has 0 atom stereocenters. The van der Waals surface area contributed by atoms with Crippen molar-refractivity contribution < 1.29 is 9.26 Å². The van der Waals surface area contributed by atoms with Gasteiger partial charge < -0.3 is 14.7 Å². The van der Waals surface area contributed by atoms with Gasteiger partial charge in [-0.05, 0) is 19.1 Å². The summed E-state index contributed by atoms with van der Waals surface area (Å²) in [7, 11) is 0. The average Bonchev–Trinajstić information content (AvgIpc) is 3.24. The summed E-state index contributed by atoms with van der Waals surface area (Å²) in [5.74, 6) is 0.451. The molecular formula is C15H12N6O4. The first-order valence-electron chi connectivity index (χ1n) is 7.42. The van der Waals surface area contributed by atoms with Crippen molar-refractivity contribution in [1.82, 2.24) is 30.1 Å². The van der Waals surface area contributed by atoms with E-state index in [-0.39, 0.29) is 16.9 Å². The first kappa shape index (κ1) is 14.9. The van der Waals surface area contributed by atoms with Crippen LogP contribution in [0.1, 0.15) is 6.92 Å². The Bertz CT molecular complexity index is 1170. The highest BCUT2D eigenvalue weighted by atomic mass is 16.5. The van der Waals surface area contributed by atoms with Crippen LogP contribution in [0.4, 0.5) is 0 Å². The van der Waals surface area contributed by atoms with Crippen molar-refractivity contribution in [3.63, 3.8) is 0 Å². The number of hydrogen-bond acceptors (Lipinski definition) is 7. The van der Waals surface area contributed by atoms with E-state index in [0.717, 1.165) is 0 Å². The van der Waals surface area contributed by atoms with E-state index in [0.29, 0.717) is 35.0 Å². The maximum Gasteiger partial charge on any atom is 0.439 e. The third-order valence-electron chi connectivity index (χ3n) is 3.54. The Morgan fingerprint density at radius 1 is 1.20 bits per heavy atom. The molecule has 0 aliphatic heterocycles. The number of imidazole rings is 1. The summed E-state index contributed by atoms with van der Waals surface area (Å²) in [6.07, 6.45) is 1.41. The van der Waals surface area contributed by atoms with Crippen LogP contribution in [-0.2, 0) is 0 Å². The van der Waals surface area contributed by atoms with E-state index >= 15 is 0 Å². The summed E-state index contributed by atoms with van der Waals surface area (Å²) in [5, 5.41) is 3.65. The summed E-state index contributed by atoms with van der Waals surface area (Å²) < 4.78 is 10.2. The van der Waals surface area contributed by atoms with E-state index < -0.39 is 5.76 Å². The number of benzene rings is 1. The van der Waals surface area contributed by atoms with Crippen LogP contribution in [0.15, 0.2) is 38.6 Å². The van der Waals surface area contributed by atoms with Crippen molar-refractivity contribution in [2.75, 3.05) is 6.61 Å².